The van der Waals surface area contributed by atoms with Crippen LogP contribution >= 0.6 is 11.8 Å². The molecule has 1 heterocycles. The second-order valence-electron chi connectivity index (χ2n) is 11.8. The lowest BCUT2D eigenvalue weighted by molar-refractivity contribution is -0.116. The molecule has 0 saturated heterocycles. The Bertz CT molecular complexity index is 2230. The van der Waals surface area contributed by atoms with Gasteiger partial charge in [0.15, 0.2) is 11.5 Å². The molecule has 0 radical (unpaired) electrons. The van der Waals surface area contributed by atoms with E-state index in [1.807, 2.05) is 103 Å². The van der Waals surface area contributed by atoms with Crippen LogP contribution in [0.5, 0.6) is 11.5 Å². The van der Waals surface area contributed by atoms with Gasteiger partial charge in [-0.05, 0) is 70.8 Å². The number of nitrogens with one attached hydrogen (secondary N) is 3. The summed E-state index contributed by atoms with van der Waals surface area (Å²) in [4.78, 5) is 41.5. The molecule has 9 heteroatoms. The SMILES string of the molecule is O=C(Nc1cccc(SC(C(=O)Nc2ccc3c(c2)OCO3)c2ccccc2)c1)/C(=C\c1ccc(-c2ccccc2)cc1)NC(=O)c1ccccc1. The first-order chi connectivity index (χ1) is 25.5. The lowest BCUT2D eigenvalue weighted by Gasteiger charge is -2.18. The molecule has 1 aliphatic heterocycles. The van der Waals surface area contributed by atoms with E-state index in [0.717, 1.165) is 27.1 Å². The van der Waals surface area contributed by atoms with Gasteiger partial charge < -0.3 is 25.4 Å². The fraction of sp³-hybridized carbons (Fsp3) is 0.0465. The maximum absolute atomic E-state index is 13.8. The van der Waals surface area contributed by atoms with Gasteiger partial charge in [0.1, 0.15) is 10.9 Å². The third kappa shape index (κ3) is 8.40. The molecule has 6 aromatic rings. The zero-order valence-electron chi connectivity index (χ0n) is 27.8. The number of benzene rings is 6. The van der Waals surface area contributed by atoms with Crippen LogP contribution in [-0.2, 0) is 9.59 Å². The Hall–Kier alpha value is -6.58. The third-order valence-corrected chi connectivity index (χ3v) is 9.43. The van der Waals surface area contributed by atoms with Crippen molar-refractivity contribution in [2.45, 2.75) is 10.1 Å². The summed E-state index contributed by atoms with van der Waals surface area (Å²) >= 11 is 1.35. The van der Waals surface area contributed by atoms with Gasteiger partial charge in [0.05, 0.1) is 0 Å². The zero-order valence-corrected chi connectivity index (χ0v) is 28.6. The van der Waals surface area contributed by atoms with Crippen LogP contribution in [0, 0.1) is 0 Å². The molecular formula is C43H33N3O5S. The number of carbonyl (C=O) groups excluding carboxylic acids is 3. The van der Waals surface area contributed by atoms with Gasteiger partial charge in [-0.25, -0.2) is 0 Å². The summed E-state index contributed by atoms with van der Waals surface area (Å²) < 4.78 is 10.9. The Morgan fingerprint density at radius 1 is 0.615 bits per heavy atom. The van der Waals surface area contributed by atoms with E-state index < -0.39 is 17.1 Å². The number of amides is 3. The van der Waals surface area contributed by atoms with E-state index in [1.165, 1.54) is 11.8 Å². The maximum Gasteiger partial charge on any atom is 0.272 e. The number of ether oxygens (including phenoxy) is 2. The fourth-order valence-corrected chi connectivity index (χ4v) is 6.66. The average Bonchev–Trinajstić information content (AvgIpc) is 3.66. The quantitative estimate of drug-likeness (QED) is 0.0919. The summed E-state index contributed by atoms with van der Waals surface area (Å²) in [6.07, 6.45) is 1.65. The fourth-order valence-electron chi connectivity index (χ4n) is 5.58. The summed E-state index contributed by atoms with van der Waals surface area (Å²) in [7, 11) is 0. The number of thioether (sulfide) groups is 1. The Morgan fingerprint density at radius 3 is 2.02 bits per heavy atom. The predicted molar refractivity (Wildman–Crippen MR) is 205 cm³/mol. The zero-order chi connectivity index (χ0) is 35.7. The molecule has 1 aliphatic rings. The van der Waals surface area contributed by atoms with E-state index in [9.17, 15) is 14.4 Å². The molecule has 1 atom stereocenters. The average molecular weight is 704 g/mol. The Labute approximate surface area is 305 Å². The van der Waals surface area contributed by atoms with Crippen molar-refractivity contribution >= 4 is 46.9 Å². The molecule has 8 nitrogen and oxygen atoms in total. The van der Waals surface area contributed by atoms with E-state index in [1.54, 1.807) is 60.7 Å². The highest BCUT2D eigenvalue weighted by atomic mass is 32.2. The van der Waals surface area contributed by atoms with Crippen molar-refractivity contribution in [3.05, 3.63) is 180 Å². The highest BCUT2D eigenvalue weighted by Crippen LogP contribution is 2.39. The number of carbonyl (C=O) groups is 3. The van der Waals surface area contributed by atoms with Gasteiger partial charge in [0, 0.05) is 27.9 Å². The second-order valence-corrected chi connectivity index (χ2v) is 13.0. The lowest BCUT2D eigenvalue weighted by Crippen LogP contribution is -2.30. The topological polar surface area (TPSA) is 106 Å². The standard InChI is InChI=1S/C43H33N3O5S/c47-41(33-15-8-3-9-16-33)46-37(25-29-19-21-31(22-20-29)30-11-4-1-5-12-30)42(48)44-34-17-10-18-36(26-34)52-40(32-13-6-2-7-14-32)43(49)45-35-23-24-38-39(27-35)51-28-50-38/h1-27,40H,28H2,(H,44,48)(H,45,49)(H,46,47)/b37-25+. The smallest absolute Gasteiger partial charge is 0.272 e. The molecule has 256 valence electrons. The summed E-state index contributed by atoms with van der Waals surface area (Å²) in [5.74, 6) is 0.0638. The molecule has 0 spiro atoms. The number of hydrogen-bond donors (Lipinski definition) is 3. The molecular weight excluding hydrogens is 671 g/mol. The lowest BCUT2D eigenvalue weighted by atomic mass is 10.0. The molecule has 1 unspecified atom stereocenters. The minimum absolute atomic E-state index is 0.0737. The van der Waals surface area contributed by atoms with Gasteiger partial charge >= 0.3 is 0 Å². The normalized spacial score (nSPS) is 12.4. The first kappa shape index (κ1) is 33.9. The molecule has 52 heavy (non-hydrogen) atoms. The molecule has 6 aromatic carbocycles. The molecule has 0 bridgehead atoms. The summed E-state index contributed by atoms with van der Waals surface area (Å²) in [6.45, 7) is 0.140. The van der Waals surface area contributed by atoms with E-state index in [4.69, 9.17) is 9.47 Å². The van der Waals surface area contributed by atoms with Crippen LogP contribution in [0.1, 0.15) is 26.7 Å². The van der Waals surface area contributed by atoms with Crippen molar-refractivity contribution in [2.75, 3.05) is 17.4 Å². The summed E-state index contributed by atoms with van der Waals surface area (Å²) in [5.41, 5.74) is 5.24. The van der Waals surface area contributed by atoms with Gasteiger partial charge in [-0.2, -0.15) is 0 Å². The van der Waals surface area contributed by atoms with Crippen LogP contribution < -0.4 is 25.4 Å². The van der Waals surface area contributed by atoms with Crippen LogP contribution in [0.15, 0.2) is 168 Å². The maximum atomic E-state index is 13.8. The Morgan fingerprint density at radius 2 is 1.27 bits per heavy atom. The number of fused-ring (bicyclic) bond motifs is 1. The molecule has 0 fully saturated rings. The van der Waals surface area contributed by atoms with Crippen LogP contribution in [0.3, 0.4) is 0 Å². The van der Waals surface area contributed by atoms with Crippen molar-refractivity contribution in [3.63, 3.8) is 0 Å². The highest BCUT2D eigenvalue weighted by molar-refractivity contribution is 8.00. The van der Waals surface area contributed by atoms with Gasteiger partial charge in [-0.15, -0.1) is 11.8 Å². The first-order valence-corrected chi connectivity index (χ1v) is 17.4. The van der Waals surface area contributed by atoms with Crippen LogP contribution in [0.25, 0.3) is 17.2 Å². The molecule has 0 saturated carbocycles. The number of anilines is 2. The van der Waals surface area contributed by atoms with Gasteiger partial charge in [0.25, 0.3) is 11.8 Å². The van der Waals surface area contributed by atoms with Crippen LogP contribution in [-0.4, -0.2) is 24.5 Å². The highest BCUT2D eigenvalue weighted by Gasteiger charge is 2.24. The van der Waals surface area contributed by atoms with Crippen molar-refractivity contribution in [3.8, 4) is 22.6 Å². The summed E-state index contributed by atoms with van der Waals surface area (Å²) in [6, 6.07) is 48.5. The predicted octanol–water partition coefficient (Wildman–Crippen LogP) is 8.96. The monoisotopic (exact) mass is 703 g/mol. The minimum Gasteiger partial charge on any atom is -0.454 e. The van der Waals surface area contributed by atoms with Crippen molar-refractivity contribution < 1.29 is 23.9 Å². The Kier molecular flexibility index (Phi) is 10.4. The van der Waals surface area contributed by atoms with E-state index >= 15 is 0 Å². The van der Waals surface area contributed by atoms with Crippen molar-refractivity contribution in [2.24, 2.45) is 0 Å². The van der Waals surface area contributed by atoms with Gasteiger partial charge in [-0.1, -0.05) is 109 Å². The Balaban J connectivity index is 1.11. The summed E-state index contributed by atoms with van der Waals surface area (Å²) in [5, 5.41) is 8.14. The minimum atomic E-state index is -0.614. The molecule has 3 N–H and O–H groups in total. The molecule has 0 aromatic heterocycles. The van der Waals surface area contributed by atoms with Gasteiger partial charge in [0.2, 0.25) is 12.7 Å². The largest absolute Gasteiger partial charge is 0.454 e. The molecule has 0 aliphatic carbocycles. The second kappa shape index (κ2) is 16.0. The number of hydrogen-bond acceptors (Lipinski definition) is 6. The van der Waals surface area contributed by atoms with Crippen molar-refractivity contribution in [1.29, 1.82) is 0 Å². The van der Waals surface area contributed by atoms with Crippen LogP contribution in [0.4, 0.5) is 11.4 Å². The molecule has 7 rings (SSSR count). The number of rotatable bonds is 11. The van der Waals surface area contributed by atoms with Crippen molar-refractivity contribution in [1.82, 2.24) is 5.32 Å². The molecule has 3 amide bonds. The van der Waals surface area contributed by atoms with E-state index in [0.29, 0.717) is 28.4 Å². The van der Waals surface area contributed by atoms with E-state index in [2.05, 4.69) is 16.0 Å². The first-order valence-electron chi connectivity index (χ1n) is 16.6. The third-order valence-electron chi connectivity index (χ3n) is 8.18. The van der Waals surface area contributed by atoms with Crippen LogP contribution in [0.2, 0.25) is 0 Å². The van der Waals surface area contributed by atoms with E-state index in [-0.39, 0.29) is 18.4 Å². The van der Waals surface area contributed by atoms with Gasteiger partial charge in [-0.3, -0.25) is 14.4 Å².